The van der Waals surface area contributed by atoms with E-state index in [-0.39, 0.29) is 0 Å². The average Bonchev–Trinajstić information content (AvgIpc) is 3.67. The van der Waals surface area contributed by atoms with E-state index in [9.17, 15) is 0 Å². The van der Waals surface area contributed by atoms with E-state index in [2.05, 4.69) is 229 Å². The number of hydrogen-bond donors (Lipinski definition) is 0. The Bertz CT molecular complexity index is 2820. The van der Waals surface area contributed by atoms with Gasteiger partial charge < -0.3 is 9.32 Å². The van der Waals surface area contributed by atoms with E-state index in [4.69, 9.17) is 4.42 Å². The van der Waals surface area contributed by atoms with E-state index in [1.165, 1.54) is 22.3 Å². The summed E-state index contributed by atoms with van der Waals surface area (Å²) in [6, 6.07) is 79.9. The third kappa shape index (κ3) is 6.24. The summed E-state index contributed by atoms with van der Waals surface area (Å²) >= 11 is 0. The van der Waals surface area contributed by atoms with Crippen LogP contribution >= 0.6 is 0 Å². The van der Waals surface area contributed by atoms with Crippen LogP contribution in [0.4, 0.5) is 17.1 Å². The van der Waals surface area contributed by atoms with Crippen LogP contribution in [0, 0.1) is 0 Å². The van der Waals surface area contributed by atoms with Gasteiger partial charge in [0.15, 0.2) is 0 Å². The van der Waals surface area contributed by atoms with Gasteiger partial charge in [0.05, 0.1) is 0 Å². The lowest BCUT2D eigenvalue weighted by atomic mass is 9.95. The summed E-state index contributed by atoms with van der Waals surface area (Å²) in [6.07, 6.45) is 0. The minimum Gasteiger partial charge on any atom is -0.455 e. The van der Waals surface area contributed by atoms with Gasteiger partial charge in [-0.25, -0.2) is 0 Å². The van der Waals surface area contributed by atoms with Crippen molar-refractivity contribution in [1.29, 1.82) is 0 Å². The molecule has 0 radical (unpaired) electrons. The number of benzene rings is 9. The summed E-state index contributed by atoms with van der Waals surface area (Å²) in [5.41, 5.74) is 16.6. The number of para-hydroxylation sites is 1. The van der Waals surface area contributed by atoms with Crippen LogP contribution in [0.2, 0.25) is 0 Å². The van der Waals surface area contributed by atoms with Crippen LogP contribution < -0.4 is 4.90 Å². The van der Waals surface area contributed by atoms with E-state index >= 15 is 0 Å². The summed E-state index contributed by atoms with van der Waals surface area (Å²) in [5.74, 6) is 0. The monoisotopic (exact) mass is 715 g/mol. The highest BCUT2D eigenvalue weighted by molar-refractivity contribution is 6.14. The minimum absolute atomic E-state index is 0.902. The molecule has 0 spiro atoms. The topological polar surface area (TPSA) is 16.4 Å². The standard InChI is InChI=1S/C54H37NO/c1-5-14-38(15-6-1)40-24-30-46(31-25-40)55(47-32-26-41(27-33-47)39-16-7-2-8-17-39)48-34-28-42(29-35-48)45-36-51(44-20-11-4-12-21-44)54-52(37-45)50-23-13-22-49(53(50)56-54)43-18-9-3-10-19-43/h1-37H. The van der Waals surface area contributed by atoms with Crippen LogP contribution in [0.25, 0.3) is 77.6 Å². The quantitative estimate of drug-likeness (QED) is 0.156. The molecule has 2 heteroatoms. The molecule has 0 aliphatic heterocycles. The van der Waals surface area contributed by atoms with Crippen molar-refractivity contribution in [3.8, 4) is 55.6 Å². The number of nitrogens with zero attached hydrogens (tertiary/aromatic N) is 1. The largest absolute Gasteiger partial charge is 0.455 e. The Morgan fingerprint density at radius 1 is 0.250 bits per heavy atom. The number of anilines is 3. The summed E-state index contributed by atoms with van der Waals surface area (Å²) in [6.45, 7) is 0. The smallest absolute Gasteiger partial charge is 0.143 e. The summed E-state index contributed by atoms with van der Waals surface area (Å²) < 4.78 is 6.83. The molecular weight excluding hydrogens is 679 g/mol. The normalized spacial score (nSPS) is 11.2. The van der Waals surface area contributed by atoms with Gasteiger partial charge in [-0.15, -0.1) is 0 Å². The van der Waals surface area contributed by atoms with Crippen molar-refractivity contribution in [2.45, 2.75) is 0 Å². The molecule has 2 nitrogen and oxygen atoms in total. The van der Waals surface area contributed by atoms with E-state index in [0.717, 1.165) is 72.4 Å². The molecule has 0 saturated heterocycles. The van der Waals surface area contributed by atoms with Crippen LogP contribution in [0.1, 0.15) is 0 Å². The maximum absolute atomic E-state index is 6.83. The van der Waals surface area contributed by atoms with Crippen LogP contribution in [-0.4, -0.2) is 0 Å². The lowest BCUT2D eigenvalue weighted by molar-refractivity contribution is 0.671. The van der Waals surface area contributed by atoms with E-state index < -0.39 is 0 Å². The Kier molecular flexibility index (Phi) is 8.55. The first kappa shape index (κ1) is 33.2. The highest BCUT2D eigenvalue weighted by Crippen LogP contribution is 2.43. The SMILES string of the molecule is c1ccc(-c2ccc(N(c3ccc(-c4ccccc4)cc3)c3ccc(-c4cc(-c5ccccc5)c5oc6c(-c7ccccc7)cccc6c5c4)cc3)cc2)cc1. The van der Waals surface area contributed by atoms with Gasteiger partial charge in [-0.05, 0) is 93.0 Å². The van der Waals surface area contributed by atoms with Gasteiger partial charge in [0.2, 0.25) is 0 Å². The van der Waals surface area contributed by atoms with Crippen molar-refractivity contribution in [1.82, 2.24) is 0 Å². The molecule has 0 saturated carbocycles. The third-order valence-corrected chi connectivity index (χ3v) is 10.7. The number of rotatable bonds is 8. The molecule has 1 heterocycles. The van der Waals surface area contributed by atoms with Crippen molar-refractivity contribution < 1.29 is 4.42 Å². The lowest BCUT2D eigenvalue weighted by Crippen LogP contribution is -2.09. The Hall–Kier alpha value is -7.42. The van der Waals surface area contributed by atoms with Crippen LogP contribution in [0.3, 0.4) is 0 Å². The number of furan rings is 1. The molecule has 56 heavy (non-hydrogen) atoms. The molecule has 0 atom stereocenters. The molecule has 10 rings (SSSR count). The summed E-state index contributed by atoms with van der Waals surface area (Å²) in [7, 11) is 0. The molecule has 0 aliphatic rings. The fraction of sp³-hybridized carbons (Fsp3) is 0. The molecule has 0 amide bonds. The second-order valence-corrected chi connectivity index (χ2v) is 14.1. The zero-order chi connectivity index (χ0) is 37.3. The number of fused-ring (bicyclic) bond motifs is 3. The van der Waals surface area contributed by atoms with E-state index in [1.54, 1.807) is 0 Å². The van der Waals surface area contributed by atoms with E-state index in [0.29, 0.717) is 0 Å². The zero-order valence-corrected chi connectivity index (χ0v) is 30.7. The van der Waals surface area contributed by atoms with Crippen molar-refractivity contribution in [3.63, 3.8) is 0 Å². The van der Waals surface area contributed by atoms with Crippen molar-refractivity contribution >= 4 is 39.0 Å². The van der Waals surface area contributed by atoms with Crippen molar-refractivity contribution in [2.75, 3.05) is 4.90 Å². The highest BCUT2D eigenvalue weighted by atomic mass is 16.3. The van der Waals surface area contributed by atoms with E-state index in [1.807, 2.05) is 0 Å². The second kappa shape index (κ2) is 14.4. The molecule has 10 aromatic rings. The van der Waals surface area contributed by atoms with Gasteiger partial charge in [0, 0.05) is 39.0 Å². The summed E-state index contributed by atoms with van der Waals surface area (Å²) in [4.78, 5) is 2.33. The van der Waals surface area contributed by atoms with Gasteiger partial charge >= 0.3 is 0 Å². The molecule has 0 aliphatic carbocycles. The molecule has 0 unspecified atom stereocenters. The van der Waals surface area contributed by atoms with Gasteiger partial charge in [0.25, 0.3) is 0 Å². The molecule has 0 N–H and O–H groups in total. The number of hydrogen-bond acceptors (Lipinski definition) is 2. The molecule has 0 fully saturated rings. The van der Waals surface area contributed by atoms with Gasteiger partial charge in [-0.3, -0.25) is 0 Å². The van der Waals surface area contributed by atoms with Crippen LogP contribution in [0.5, 0.6) is 0 Å². The molecule has 9 aromatic carbocycles. The minimum atomic E-state index is 0.902. The first-order valence-electron chi connectivity index (χ1n) is 19.1. The highest BCUT2D eigenvalue weighted by Gasteiger charge is 2.19. The van der Waals surface area contributed by atoms with Gasteiger partial charge in [-0.1, -0.05) is 176 Å². The summed E-state index contributed by atoms with van der Waals surface area (Å²) in [5, 5.41) is 2.22. The Balaban J connectivity index is 1.08. The molecule has 0 bridgehead atoms. The van der Waals surface area contributed by atoms with Gasteiger partial charge in [0.1, 0.15) is 11.2 Å². The molecule has 264 valence electrons. The van der Waals surface area contributed by atoms with Crippen LogP contribution in [-0.2, 0) is 0 Å². The first-order valence-corrected chi connectivity index (χ1v) is 19.1. The first-order chi connectivity index (χ1) is 27.8. The van der Waals surface area contributed by atoms with Crippen LogP contribution in [0.15, 0.2) is 229 Å². The average molecular weight is 716 g/mol. The Morgan fingerprint density at radius 2 is 0.625 bits per heavy atom. The predicted molar refractivity (Wildman–Crippen MR) is 236 cm³/mol. The Labute approximate surface area is 327 Å². The van der Waals surface area contributed by atoms with Crippen molar-refractivity contribution in [2.24, 2.45) is 0 Å². The second-order valence-electron chi connectivity index (χ2n) is 14.1. The van der Waals surface area contributed by atoms with Crippen molar-refractivity contribution in [3.05, 3.63) is 224 Å². The lowest BCUT2D eigenvalue weighted by Gasteiger charge is -2.26. The molecule has 1 aromatic heterocycles. The predicted octanol–water partition coefficient (Wildman–Crippen LogP) is 15.4. The fourth-order valence-corrected chi connectivity index (χ4v) is 7.86. The Morgan fingerprint density at radius 3 is 1.09 bits per heavy atom. The zero-order valence-electron chi connectivity index (χ0n) is 30.7. The van der Waals surface area contributed by atoms with Gasteiger partial charge in [-0.2, -0.15) is 0 Å². The maximum Gasteiger partial charge on any atom is 0.143 e. The fourth-order valence-electron chi connectivity index (χ4n) is 7.86. The molecular formula is C54H37NO. The third-order valence-electron chi connectivity index (χ3n) is 10.7. The maximum atomic E-state index is 6.83.